The van der Waals surface area contributed by atoms with Gasteiger partial charge in [0.2, 0.25) is 0 Å². The molecule has 0 atom stereocenters. The minimum Gasteiger partial charge on any atom is -0.464 e. The molecule has 104 valence electrons. The van der Waals surface area contributed by atoms with Crippen LogP contribution in [0, 0.1) is 0 Å². The highest BCUT2D eigenvalue weighted by molar-refractivity contribution is 7.98. The standard InChI is InChI=1S/C14H15N3O2S/c1-3-19-14-15-8-11(9-16-14)17-13(18)10-4-6-12(20-2)7-5-10/h4-9H,3H2,1-2H3,(H,17,18). The molecule has 1 amide bonds. The Morgan fingerprint density at radius 2 is 1.90 bits per heavy atom. The van der Waals surface area contributed by atoms with Gasteiger partial charge in [0, 0.05) is 10.5 Å². The Morgan fingerprint density at radius 3 is 2.45 bits per heavy atom. The number of anilines is 1. The Kier molecular flexibility index (Phi) is 4.95. The molecule has 1 heterocycles. The van der Waals surface area contributed by atoms with Gasteiger partial charge in [0.25, 0.3) is 5.91 Å². The zero-order chi connectivity index (χ0) is 14.4. The number of nitrogens with one attached hydrogen (secondary N) is 1. The fraction of sp³-hybridized carbons (Fsp3) is 0.214. The second-order valence-corrected chi connectivity index (χ2v) is 4.75. The highest BCUT2D eigenvalue weighted by Crippen LogP contribution is 2.16. The van der Waals surface area contributed by atoms with Gasteiger partial charge >= 0.3 is 6.01 Å². The van der Waals surface area contributed by atoms with E-state index in [1.165, 1.54) is 12.4 Å². The van der Waals surface area contributed by atoms with Crippen LogP contribution in [0.1, 0.15) is 17.3 Å². The first-order valence-corrected chi connectivity index (χ1v) is 7.35. The number of thioether (sulfide) groups is 1. The molecule has 0 saturated carbocycles. The number of carbonyl (C=O) groups is 1. The van der Waals surface area contributed by atoms with Gasteiger partial charge < -0.3 is 10.1 Å². The Hall–Kier alpha value is -2.08. The maximum atomic E-state index is 12.0. The first-order chi connectivity index (χ1) is 9.72. The average molecular weight is 289 g/mol. The summed E-state index contributed by atoms with van der Waals surface area (Å²) in [6, 6.07) is 7.70. The molecule has 20 heavy (non-hydrogen) atoms. The van der Waals surface area contributed by atoms with Gasteiger partial charge in [-0.2, -0.15) is 0 Å². The summed E-state index contributed by atoms with van der Waals surface area (Å²) in [4.78, 5) is 21.1. The minimum absolute atomic E-state index is 0.189. The molecule has 2 rings (SSSR count). The summed E-state index contributed by atoms with van der Waals surface area (Å²) >= 11 is 1.63. The summed E-state index contributed by atoms with van der Waals surface area (Å²) in [6.07, 6.45) is 5.03. The molecule has 0 aliphatic carbocycles. The second kappa shape index (κ2) is 6.91. The predicted octanol–water partition coefficient (Wildman–Crippen LogP) is 2.85. The summed E-state index contributed by atoms with van der Waals surface area (Å²) in [5.74, 6) is -0.189. The van der Waals surface area contributed by atoms with Crippen LogP contribution >= 0.6 is 11.8 Å². The molecule has 2 aromatic rings. The van der Waals surface area contributed by atoms with E-state index in [2.05, 4.69) is 15.3 Å². The van der Waals surface area contributed by atoms with Crippen molar-refractivity contribution in [3.8, 4) is 6.01 Å². The van der Waals surface area contributed by atoms with Crippen molar-refractivity contribution in [1.29, 1.82) is 0 Å². The number of hydrogen-bond donors (Lipinski definition) is 1. The number of benzene rings is 1. The molecule has 0 saturated heterocycles. The van der Waals surface area contributed by atoms with Crippen LogP contribution in [0.15, 0.2) is 41.6 Å². The highest BCUT2D eigenvalue weighted by atomic mass is 32.2. The van der Waals surface area contributed by atoms with E-state index < -0.39 is 0 Å². The molecule has 0 unspecified atom stereocenters. The fourth-order valence-electron chi connectivity index (χ4n) is 1.53. The molecule has 0 radical (unpaired) electrons. The lowest BCUT2D eigenvalue weighted by atomic mass is 10.2. The molecule has 1 aromatic heterocycles. The first-order valence-electron chi connectivity index (χ1n) is 6.13. The maximum Gasteiger partial charge on any atom is 0.316 e. The summed E-state index contributed by atoms with van der Waals surface area (Å²) in [6.45, 7) is 2.37. The molecular weight excluding hydrogens is 274 g/mol. The van der Waals surface area contributed by atoms with Crippen molar-refractivity contribution in [2.75, 3.05) is 18.2 Å². The van der Waals surface area contributed by atoms with E-state index in [-0.39, 0.29) is 5.91 Å². The number of rotatable bonds is 5. The van der Waals surface area contributed by atoms with Crippen LogP contribution in [0.2, 0.25) is 0 Å². The predicted molar refractivity (Wildman–Crippen MR) is 79.4 cm³/mol. The van der Waals surface area contributed by atoms with Gasteiger partial charge in [-0.25, -0.2) is 9.97 Å². The number of aromatic nitrogens is 2. The zero-order valence-electron chi connectivity index (χ0n) is 11.3. The third kappa shape index (κ3) is 3.71. The smallest absolute Gasteiger partial charge is 0.316 e. The number of hydrogen-bond acceptors (Lipinski definition) is 5. The van der Waals surface area contributed by atoms with E-state index in [4.69, 9.17) is 4.74 Å². The average Bonchev–Trinajstić information content (AvgIpc) is 2.49. The Bertz CT molecular complexity index is 570. The van der Waals surface area contributed by atoms with Crippen LogP contribution in [0.3, 0.4) is 0 Å². The SMILES string of the molecule is CCOc1ncc(NC(=O)c2ccc(SC)cc2)cn1. The molecule has 0 spiro atoms. The molecule has 6 heteroatoms. The van der Waals surface area contributed by atoms with Crippen molar-refractivity contribution >= 4 is 23.4 Å². The van der Waals surface area contributed by atoms with Gasteiger partial charge in [0.1, 0.15) is 0 Å². The molecule has 0 fully saturated rings. The molecule has 1 N–H and O–H groups in total. The largest absolute Gasteiger partial charge is 0.464 e. The molecule has 0 aliphatic heterocycles. The second-order valence-electron chi connectivity index (χ2n) is 3.87. The van der Waals surface area contributed by atoms with Gasteiger partial charge in [0.05, 0.1) is 24.7 Å². The quantitative estimate of drug-likeness (QED) is 0.857. The third-order valence-corrected chi connectivity index (χ3v) is 3.26. The van der Waals surface area contributed by atoms with Gasteiger partial charge in [-0.1, -0.05) is 0 Å². The first kappa shape index (κ1) is 14.3. The maximum absolute atomic E-state index is 12.0. The highest BCUT2D eigenvalue weighted by Gasteiger charge is 2.07. The fourth-order valence-corrected chi connectivity index (χ4v) is 1.94. The zero-order valence-corrected chi connectivity index (χ0v) is 12.1. The topological polar surface area (TPSA) is 64.1 Å². The van der Waals surface area contributed by atoms with Crippen molar-refractivity contribution in [2.24, 2.45) is 0 Å². The lowest BCUT2D eigenvalue weighted by Gasteiger charge is -2.06. The van der Waals surface area contributed by atoms with Gasteiger partial charge in [-0.3, -0.25) is 4.79 Å². The van der Waals surface area contributed by atoms with Crippen molar-refractivity contribution in [3.05, 3.63) is 42.2 Å². The molecular formula is C14H15N3O2S. The van der Waals surface area contributed by atoms with E-state index in [0.717, 1.165) is 4.90 Å². The Morgan fingerprint density at radius 1 is 1.25 bits per heavy atom. The van der Waals surface area contributed by atoms with E-state index in [9.17, 15) is 4.79 Å². The van der Waals surface area contributed by atoms with Gasteiger partial charge in [-0.05, 0) is 37.4 Å². The number of ether oxygens (including phenoxy) is 1. The molecule has 0 aliphatic rings. The molecule has 0 bridgehead atoms. The number of carbonyl (C=O) groups excluding carboxylic acids is 1. The van der Waals surface area contributed by atoms with E-state index in [1.54, 1.807) is 23.9 Å². The van der Waals surface area contributed by atoms with Crippen LogP contribution in [0.5, 0.6) is 6.01 Å². The third-order valence-electron chi connectivity index (χ3n) is 2.51. The summed E-state index contributed by atoms with van der Waals surface area (Å²) < 4.78 is 5.14. The number of nitrogens with zero attached hydrogens (tertiary/aromatic N) is 2. The monoisotopic (exact) mass is 289 g/mol. The van der Waals surface area contributed by atoms with E-state index in [1.807, 2.05) is 25.3 Å². The van der Waals surface area contributed by atoms with Gasteiger partial charge in [0.15, 0.2) is 0 Å². The van der Waals surface area contributed by atoms with Crippen molar-refractivity contribution in [3.63, 3.8) is 0 Å². The molecule has 5 nitrogen and oxygen atoms in total. The van der Waals surface area contributed by atoms with Crippen molar-refractivity contribution in [1.82, 2.24) is 9.97 Å². The lowest BCUT2D eigenvalue weighted by Crippen LogP contribution is -2.12. The Labute approximate surface area is 121 Å². The van der Waals surface area contributed by atoms with Crippen LogP contribution in [-0.2, 0) is 0 Å². The van der Waals surface area contributed by atoms with E-state index in [0.29, 0.717) is 23.9 Å². The van der Waals surface area contributed by atoms with Crippen LogP contribution in [0.4, 0.5) is 5.69 Å². The van der Waals surface area contributed by atoms with Gasteiger partial charge in [-0.15, -0.1) is 11.8 Å². The molecule has 1 aromatic carbocycles. The number of amides is 1. The lowest BCUT2D eigenvalue weighted by molar-refractivity contribution is 0.102. The summed E-state index contributed by atoms with van der Waals surface area (Å²) in [5.41, 5.74) is 1.13. The van der Waals surface area contributed by atoms with E-state index >= 15 is 0 Å². The Balaban J connectivity index is 2.02. The summed E-state index contributed by atoms with van der Waals surface area (Å²) in [5, 5.41) is 2.74. The summed E-state index contributed by atoms with van der Waals surface area (Å²) in [7, 11) is 0. The minimum atomic E-state index is -0.189. The van der Waals surface area contributed by atoms with Crippen molar-refractivity contribution < 1.29 is 9.53 Å². The van der Waals surface area contributed by atoms with Crippen LogP contribution < -0.4 is 10.1 Å². The normalized spacial score (nSPS) is 10.1. The van der Waals surface area contributed by atoms with Crippen molar-refractivity contribution in [2.45, 2.75) is 11.8 Å². The van der Waals surface area contributed by atoms with Crippen LogP contribution in [0.25, 0.3) is 0 Å². The van der Waals surface area contributed by atoms with Crippen LogP contribution in [-0.4, -0.2) is 28.7 Å².